The van der Waals surface area contributed by atoms with Gasteiger partial charge in [0.15, 0.2) is 0 Å². The highest BCUT2D eigenvalue weighted by Gasteiger charge is 2.33. The van der Waals surface area contributed by atoms with E-state index in [0.717, 1.165) is 38.0 Å². The van der Waals surface area contributed by atoms with Crippen LogP contribution in [0, 0.1) is 18.3 Å². The number of rotatable bonds is 10. The predicted molar refractivity (Wildman–Crippen MR) is 100 cm³/mol. The second-order valence-electron chi connectivity index (χ2n) is 7.16. The number of ether oxygens (including phenoxy) is 1. The second kappa shape index (κ2) is 8.38. The molecule has 0 amide bonds. The lowest BCUT2D eigenvalue weighted by Gasteiger charge is -2.21. The normalized spacial score (nSPS) is 20.4. The fourth-order valence-electron chi connectivity index (χ4n) is 3.35. The molecule has 0 unspecified atom stereocenters. The number of nitrogens with zero attached hydrogens (tertiary/aromatic N) is 3. The van der Waals surface area contributed by atoms with Gasteiger partial charge in [-0.05, 0) is 31.6 Å². The standard InChI is InChI=1S/C19H27N3O3S/c1-3-9-21(10-4-2)13-17-12-20-19(26(23,24)15-16-7-8-16)22(17)14-18-6-5-11-25-18/h1,4,12,16,18H,2,5-11,13-15H2/t18-/m1/s1. The lowest BCUT2D eigenvalue weighted by atomic mass is 10.2. The van der Waals surface area contributed by atoms with Crippen LogP contribution in [0.1, 0.15) is 31.4 Å². The van der Waals surface area contributed by atoms with Crippen molar-refractivity contribution < 1.29 is 13.2 Å². The zero-order valence-corrected chi connectivity index (χ0v) is 16.0. The van der Waals surface area contributed by atoms with Crippen molar-refractivity contribution in [3.8, 4) is 12.3 Å². The van der Waals surface area contributed by atoms with Crippen molar-refractivity contribution in [1.82, 2.24) is 14.5 Å². The van der Waals surface area contributed by atoms with E-state index in [1.54, 1.807) is 12.3 Å². The molecule has 6 nitrogen and oxygen atoms in total. The summed E-state index contributed by atoms with van der Waals surface area (Å²) in [4.78, 5) is 6.33. The van der Waals surface area contributed by atoms with Crippen LogP contribution >= 0.6 is 0 Å². The van der Waals surface area contributed by atoms with Crippen LogP contribution in [-0.4, -0.2) is 54.4 Å². The van der Waals surface area contributed by atoms with Crippen molar-refractivity contribution >= 4 is 9.84 Å². The van der Waals surface area contributed by atoms with Crippen molar-refractivity contribution in [1.29, 1.82) is 0 Å². The number of hydrogen-bond acceptors (Lipinski definition) is 5. The van der Waals surface area contributed by atoms with E-state index in [4.69, 9.17) is 11.2 Å². The SMILES string of the molecule is C#CCN(CC=C)Cc1cnc(S(=O)(=O)CC2CC2)n1C[C@H]1CCCO1. The van der Waals surface area contributed by atoms with E-state index in [1.165, 1.54) is 0 Å². The Morgan fingerprint density at radius 3 is 2.88 bits per heavy atom. The zero-order valence-electron chi connectivity index (χ0n) is 15.1. The molecule has 2 heterocycles. The van der Waals surface area contributed by atoms with Gasteiger partial charge in [0.1, 0.15) is 0 Å². The average Bonchev–Trinajstić information content (AvgIpc) is 3.08. The Bertz CT molecular complexity index is 768. The monoisotopic (exact) mass is 377 g/mol. The minimum Gasteiger partial charge on any atom is -0.376 e. The number of aromatic nitrogens is 2. The quantitative estimate of drug-likeness (QED) is 0.460. The van der Waals surface area contributed by atoms with Crippen LogP contribution in [0.15, 0.2) is 24.0 Å². The summed E-state index contributed by atoms with van der Waals surface area (Å²) in [7, 11) is -3.39. The van der Waals surface area contributed by atoms with E-state index >= 15 is 0 Å². The van der Waals surface area contributed by atoms with Crippen LogP contribution < -0.4 is 0 Å². The molecule has 1 aliphatic carbocycles. The lowest BCUT2D eigenvalue weighted by Crippen LogP contribution is -2.28. The Hall–Kier alpha value is -1.62. The van der Waals surface area contributed by atoms with E-state index in [2.05, 4.69) is 17.5 Å². The molecule has 7 heteroatoms. The van der Waals surface area contributed by atoms with E-state index in [0.29, 0.717) is 26.2 Å². The van der Waals surface area contributed by atoms with E-state index in [9.17, 15) is 8.42 Å². The van der Waals surface area contributed by atoms with Gasteiger partial charge >= 0.3 is 0 Å². The third kappa shape index (κ3) is 4.76. The summed E-state index contributed by atoms with van der Waals surface area (Å²) in [6.45, 7) is 6.67. The Kier molecular flexibility index (Phi) is 6.17. The molecule has 1 aromatic rings. The highest BCUT2D eigenvalue weighted by molar-refractivity contribution is 7.91. The first-order valence-electron chi connectivity index (χ1n) is 9.19. The van der Waals surface area contributed by atoms with Gasteiger partial charge in [-0.2, -0.15) is 0 Å². The largest absolute Gasteiger partial charge is 0.376 e. The summed E-state index contributed by atoms with van der Waals surface area (Å²) >= 11 is 0. The first kappa shape index (κ1) is 19.2. The average molecular weight is 378 g/mol. The number of sulfone groups is 1. The van der Waals surface area contributed by atoms with Gasteiger partial charge in [-0.15, -0.1) is 13.0 Å². The number of terminal acetylenes is 1. The molecule has 3 rings (SSSR count). The summed E-state index contributed by atoms with van der Waals surface area (Å²) in [5.41, 5.74) is 0.854. The summed E-state index contributed by atoms with van der Waals surface area (Å²) in [6, 6.07) is 0. The highest BCUT2D eigenvalue weighted by atomic mass is 32.2. The second-order valence-corrected chi connectivity index (χ2v) is 9.09. The van der Waals surface area contributed by atoms with Gasteiger partial charge in [-0.25, -0.2) is 13.4 Å². The summed E-state index contributed by atoms with van der Waals surface area (Å²) in [5, 5.41) is 0.175. The molecule has 1 aliphatic heterocycles. The van der Waals surface area contributed by atoms with Gasteiger partial charge in [-0.1, -0.05) is 12.0 Å². The summed E-state index contributed by atoms with van der Waals surface area (Å²) < 4.78 is 33.3. The maximum Gasteiger partial charge on any atom is 0.227 e. The Morgan fingerprint density at radius 1 is 1.46 bits per heavy atom. The minimum absolute atomic E-state index is 0.0401. The van der Waals surface area contributed by atoms with Crippen LogP contribution in [0.3, 0.4) is 0 Å². The summed E-state index contributed by atoms with van der Waals surface area (Å²) in [6.07, 6.45) is 12.9. The Morgan fingerprint density at radius 2 is 2.27 bits per heavy atom. The van der Waals surface area contributed by atoms with Crippen LogP contribution in [-0.2, 0) is 27.7 Å². The molecular formula is C19H27N3O3S. The highest BCUT2D eigenvalue weighted by Crippen LogP contribution is 2.32. The Balaban J connectivity index is 1.87. The smallest absolute Gasteiger partial charge is 0.227 e. The minimum atomic E-state index is -3.39. The van der Waals surface area contributed by atoms with Gasteiger partial charge in [-0.3, -0.25) is 4.90 Å². The van der Waals surface area contributed by atoms with Gasteiger partial charge < -0.3 is 9.30 Å². The number of imidazole rings is 1. The molecule has 142 valence electrons. The van der Waals surface area contributed by atoms with Crippen LogP contribution in [0.2, 0.25) is 0 Å². The van der Waals surface area contributed by atoms with Gasteiger partial charge in [0, 0.05) is 19.7 Å². The van der Waals surface area contributed by atoms with Crippen molar-refractivity contribution in [2.45, 2.75) is 50.0 Å². The Labute approximate surface area is 156 Å². The van der Waals surface area contributed by atoms with Gasteiger partial charge in [0.05, 0.1) is 36.8 Å². The molecule has 0 N–H and O–H groups in total. The van der Waals surface area contributed by atoms with Crippen LogP contribution in [0.4, 0.5) is 0 Å². The first-order valence-corrected chi connectivity index (χ1v) is 10.8. The zero-order chi connectivity index (χ0) is 18.6. The van der Waals surface area contributed by atoms with Crippen molar-refractivity contribution in [3.05, 3.63) is 24.5 Å². The molecule has 2 fully saturated rings. The van der Waals surface area contributed by atoms with Gasteiger partial charge in [0.25, 0.3) is 0 Å². The molecular weight excluding hydrogens is 350 g/mol. The topological polar surface area (TPSA) is 64.4 Å². The third-order valence-corrected chi connectivity index (χ3v) is 6.62. The van der Waals surface area contributed by atoms with Crippen molar-refractivity contribution in [3.63, 3.8) is 0 Å². The lowest BCUT2D eigenvalue weighted by molar-refractivity contribution is 0.0934. The molecule has 1 saturated heterocycles. The van der Waals surface area contributed by atoms with Crippen molar-refractivity contribution in [2.24, 2.45) is 5.92 Å². The third-order valence-electron chi connectivity index (χ3n) is 4.83. The molecule has 1 saturated carbocycles. The van der Waals surface area contributed by atoms with E-state index in [1.807, 2.05) is 9.47 Å². The molecule has 2 aliphatic rings. The molecule has 1 atom stereocenters. The molecule has 0 spiro atoms. The maximum atomic E-state index is 12.8. The first-order chi connectivity index (χ1) is 12.5. The molecule has 26 heavy (non-hydrogen) atoms. The number of hydrogen-bond donors (Lipinski definition) is 0. The fraction of sp³-hybridized carbons (Fsp3) is 0.632. The van der Waals surface area contributed by atoms with Crippen LogP contribution in [0.25, 0.3) is 0 Å². The van der Waals surface area contributed by atoms with Crippen molar-refractivity contribution in [2.75, 3.05) is 25.4 Å². The molecule has 1 aromatic heterocycles. The molecule has 0 radical (unpaired) electrons. The fourth-order valence-corrected chi connectivity index (χ4v) is 5.19. The predicted octanol–water partition coefficient (Wildman–Crippen LogP) is 1.87. The maximum absolute atomic E-state index is 12.8. The van der Waals surface area contributed by atoms with E-state index < -0.39 is 9.84 Å². The van der Waals surface area contributed by atoms with Gasteiger partial charge in [0.2, 0.25) is 15.0 Å². The van der Waals surface area contributed by atoms with Crippen LogP contribution in [0.5, 0.6) is 0 Å². The summed E-state index contributed by atoms with van der Waals surface area (Å²) in [5.74, 6) is 3.12. The molecule has 0 bridgehead atoms. The van der Waals surface area contributed by atoms with E-state index in [-0.39, 0.29) is 22.9 Å². The molecule has 0 aromatic carbocycles.